The van der Waals surface area contributed by atoms with Crippen LogP contribution in [0.4, 0.5) is 13.2 Å². The van der Waals surface area contributed by atoms with Gasteiger partial charge in [0.1, 0.15) is 6.54 Å². The normalized spacial score (nSPS) is 11.2. The lowest BCUT2D eigenvalue weighted by molar-refractivity contribution is -0.137. The first-order valence-corrected chi connectivity index (χ1v) is 6.03. The number of aryl methyl sites for hydroxylation is 1. The van der Waals surface area contributed by atoms with Gasteiger partial charge in [-0.15, -0.1) is 6.42 Å². The van der Waals surface area contributed by atoms with E-state index in [9.17, 15) is 18.0 Å². The molecule has 0 amide bonds. The van der Waals surface area contributed by atoms with E-state index in [-0.39, 0.29) is 17.7 Å². The van der Waals surface area contributed by atoms with Crippen molar-refractivity contribution in [3.05, 3.63) is 51.9 Å². The van der Waals surface area contributed by atoms with Crippen molar-refractivity contribution in [1.82, 2.24) is 9.78 Å². The first-order valence-electron chi connectivity index (χ1n) is 6.03. The van der Waals surface area contributed by atoms with Gasteiger partial charge in [0.2, 0.25) is 0 Å². The molecule has 0 fully saturated rings. The fourth-order valence-electron chi connectivity index (χ4n) is 1.94. The Morgan fingerprint density at radius 3 is 2.67 bits per heavy atom. The van der Waals surface area contributed by atoms with Gasteiger partial charge in [-0.2, -0.15) is 18.3 Å². The van der Waals surface area contributed by atoms with Gasteiger partial charge in [-0.25, -0.2) is 4.68 Å². The molecular formula is C15H11F3N2O. The maximum Gasteiger partial charge on any atom is 0.416 e. The second kappa shape index (κ2) is 5.44. The van der Waals surface area contributed by atoms with E-state index in [1.54, 1.807) is 6.92 Å². The number of halogens is 3. The molecule has 0 aliphatic carbocycles. The summed E-state index contributed by atoms with van der Waals surface area (Å²) in [5, 5.41) is 3.96. The van der Waals surface area contributed by atoms with Gasteiger partial charge >= 0.3 is 6.18 Å². The average molecular weight is 292 g/mol. The Hall–Kier alpha value is -2.55. The van der Waals surface area contributed by atoms with Crippen molar-refractivity contribution in [3.8, 4) is 23.5 Å². The fraction of sp³-hybridized carbons (Fsp3) is 0.200. The van der Waals surface area contributed by atoms with Gasteiger partial charge in [-0.1, -0.05) is 18.1 Å². The van der Waals surface area contributed by atoms with E-state index < -0.39 is 17.3 Å². The van der Waals surface area contributed by atoms with Crippen molar-refractivity contribution >= 4 is 0 Å². The van der Waals surface area contributed by atoms with Gasteiger partial charge in [-0.05, 0) is 30.7 Å². The molecule has 108 valence electrons. The predicted octanol–water partition coefficient (Wildman–Crippen LogP) is 2.87. The molecule has 0 radical (unpaired) electrons. The van der Waals surface area contributed by atoms with Crippen LogP contribution in [0.2, 0.25) is 0 Å². The van der Waals surface area contributed by atoms with Gasteiger partial charge in [0.25, 0.3) is 5.56 Å². The summed E-state index contributed by atoms with van der Waals surface area (Å²) in [7, 11) is 0. The summed E-state index contributed by atoms with van der Waals surface area (Å²) in [4.78, 5) is 12.2. The van der Waals surface area contributed by atoms with Crippen molar-refractivity contribution in [2.75, 3.05) is 0 Å². The van der Waals surface area contributed by atoms with Crippen LogP contribution in [-0.2, 0) is 12.7 Å². The molecule has 1 aromatic carbocycles. The minimum Gasteiger partial charge on any atom is -0.267 e. The Labute approximate surface area is 119 Å². The number of hydrogen-bond donors (Lipinski definition) is 0. The summed E-state index contributed by atoms with van der Waals surface area (Å²) >= 11 is 0. The van der Waals surface area contributed by atoms with Gasteiger partial charge in [0, 0.05) is 0 Å². The third-order valence-electron chi connectivity index (χ3n) is 2.84. The van der Waals surface area contributed by atoms with E-state index in [1.807, 2.05) is 0 Å². The van der Waals surface area contributed by atoms with Crippen molar-refractivity contribution < 1.29 is 13.2 Å². The first-order chi connectivity index (χ1) is 9.82. The summed E-state index contributed by atoms with van der Waals surface area (Å²) in [6, 6.07) is 6.06. The zero-order valence-electron chi connectivity index (χ0n) is 11.1. The van der Waals surface area contributed by atoms with E-state index in [0.717, 1.165) is 16.8 Å². The number of rotatable bonds is 2. The van der Waals surface area contributed by atoms with Crippen molar-refractivity contribution in [2.45, 2.75) is 19.6 Å². The molecule has 0 atom stereocenters. The van der Waals surface area contributed by atoms with E-state index in [2.05, 4.69) is 11.0 Å². The number of aromatic nitrogens is 2. The highest BCUT2D eigenvalue weighted by Gasteiger charge is 2.30. The lowest BCUT2D eigenvalue weighted by Gasteiger charge is -2.10. The Bertz CT molecular complexity index is 770. The maximum absolute atomic E-state index is 12.7. The first kappa shape index (κ1) is 14.9. The highest BCUT2D eigenvalue weighted by Crippen LogP contribution is 2.31. The fourth-order valence-corrected chi connectivity index (χ4v) is 1.94. The van der Waals surface area contributed by atoms with E-state index in [1.165, 1.54) is 18.2 Å². The SMILES string of the molecule is C#CCn1nc(C)cc(-c2cccc(C(F)(F)F)c2)c1=O. The van der Waals surface area contributed by atoms with Crippen LogP contribution < -0.4 is 5.56 Å². The molecule has 0 N–H and O–H groups in total. The second-order valence-electron chi connectivity index (χ2n) is 4.44. The lowest BCUT2D eigenvalue weighted by Crippen LogP contribution is -2.24. The molecule has 2 rings (SSSR count). The second-order valence-corrected chi connectivity index (χ2v) is 4.44. The van der Waals surface area contributed by atoms with Crippen LogP contribution in [0.3, 0.4) is 0 Å². The minimum atomic E-state index is -4.46. The predicted molar refractivity (Wildman–Crippen MR) is 72.5 cm³/mol. The highest BCUT2D eigenvalue weighted by molar-refractivity contribution is 5.63. The van der Waals surface area contributed by atoms with E-state index in [4.69, 9.17) is 6.42 Å². The van der Waals surface area contributed by atoms with Crippen LogP contribution in [0, 0.1) is 19.3 Å². The number of hydrogen-bond acceptors (Lipinski definition) is 2. The van der Waals surface area contributed by atoms with Gasteiger partial charge in [0.05, 0.1) is 16.8 Å². The van der Waals surface area contributed by atoms with Gasteiger partial charge in [-0.3, -0.25) is 4.79 Å². The topological polar surface area (TPSA) is 34.9 Å². The number of nitrogens with zero attached hydrogens (tertiary/aromatic N) is 2. The molecule has 0 unspecified atom stereocenters. The Balaban J connectivity index is 2.63. The summed E-state index contributed by atoms with van der Waals surface area (Å²) < 4.78 is 39.3. The van der Waals surface area contributed by atoms with Crippen molar-refractivity contribution in [3.63, 3.8) is 0 Å². The molecule has 0 saturated heterocycles. The molecular weight excluding hydrogens is 281 g/mol. The standard InChI is InChI=1S/C15H11F3N2O/c1-3-7-20-14(21)13(8-10(2)19-20)11-5-4-6-12(9-11)15(16,17)18/h1,4-6,8-9H,7H2,2H3. The van der Waals surface area contributed by atoms with Crippen LogP contribution in [0.1, 0.15) is 11.3 Å². The number of alkyl halides is 3. The molecule has 0 spiro atoms. The molecule has 0 aliphatic heterocycles. The molecule has 1 aromatic heterocycles. The molecule has 6 heteroatoms. The van der Waals surface area contributed by atoms with Crippen molar-refractivity contribution in [2.24, 2.45) is 0 Å². The molecule has 2 aromatic rings. The zero-order chi connectivity index (χ0) is 15.6. The third-order valence-corrected chi connectivity index (χ3v) is 2.84. The van der Waals surface area contributed by atoms with Crippen LogP contribution in [0.5, 0.6) is 0 Å². The Morgan fingerprint density at radius 1 is 1.33 bits per heavy atom. The number of terminal acetylenes is 1. The molecule has 0 bridgehead atoms. The van der Waals surface area contributed by atoms with Crippen LogP contribution >= 0.6 is 0 Å². The highest BCUT2D eigenvalue weighted by atomic mass is 19.4. The summed E-state index contributed by atoms with van der Waals surface area (Å²) in [6.45, 7) is 1.61. The molecule has 21 heavy (non-hydrogen) atoms. The number of benzene rings is 1. The summed E-state index contributed by atoms with van der Waals surface area (Å²) in [5.74, 6) is 2.29. The van der Waals surface area contributed by atoms with Gasteiger partial charge < -0.3 is 0 Å². The monoisotopic (exact) mass is 292 g/mol. The van der Waals surface area contributed by atoms with E-state index >= 15 is 0 Å². The van der Waals surface area contributed by atoms with E-state index in [0.29, 0.717) is 5.69 Å². The molecule has 0 aliphatic rings. The molecule has 0 saturated carbocycles. The van der Waals surface area contributed by atoms with Crippen LogP contribution in [0.25, 0.3) is 11.1 Å². The molecule has 3 nitrogen and oxygen atoms in total. The van der Waals surface area contributed by atoms with Crippen LogP contribution in [0.15, 0.2) is 35.1 Å². The lowest BCUT2D eigenvalue weighted by atomic mass is 10.0. The zero-order valence-corrected chi connectivity index (χ0v) is 11.1. The van der Waals surface area contributed by atoms with Crippen molar-refractivity contribution in [1.29, 1.82) is 0 Å². The van der Waals surface area contributed by atoms with Gasteiger partial charge in [0.15, 0.2) is 0 Å². The minimum absolute atomic E-state index is 0.0352. The smallest absolute Gasteiger partial charge is 0.267 e. The third kappa shape index (κ3) is 3.14. The maximum atomic E-state index is 12.7. The summed E-state index contributed by atoms with van der Waals surface area (Å²) in [5.41, 5.74) is -0.498. The van der Waals surface area contributed by atoms with Crippen LogP contribution in [-0.4, -0.2) is 9.78 Å². The average Bonchev–Trinajstić information content (AvgIpc) is 2.42. The Kier molecular flexibility index (Phi) is 3.85. The largest absolute Gasteiger partial charge is 0.416 e. The Morgan fingerprint density at radius 2 is 2.05 bits per heavy atom. The summed E-state index contributed by atoms with van der Waals surface area (Å²) in [6.07, 6.45) is 0.689. The quantitative estimate of drug-likeness (QED) is 0.798. The molecule has 1 heterocycles.